The molecular formula is C21H26O2. The van der Waals surface area contributed by atoms with Gasteiger partial charge in [0, 0.05) is 11.1 Å². The van der Waals surface area contributed by atoms with Gasteiger partial charge in [-0.05, 0) is 37.6 Å². The third-order valence-corrected chi connectivity index (χ3v) is 3.17. The van der Waals surface area contributed by atoms with Crippen molar-refractivity contribution in [2.75, 3.05) is 6.61 Å². The zero-order valence-corrected chi connectivity index (χ0v) is 14.1. The highest BCUT2D eigenvalue weighted by atomic mass is 16.5. The third-order valence-electron chi connectivity index (χ3n) is 3.17. The maximum atomic E-state index is 12.2. The number of carbonyl (C=O) groups is 1. The second kappa shape index (κ2) is 11.2. The van der Waals surface area contributed by atoms with Crippen LogP contribution in [0.4, 0.5) is 0 Å². The quantitative estimate of drug-likeness (QED) is 0.373. The Kier molecular flexibility index (Phi) is 9.14. The lowest BCUT2D eigenvalue weighted by Gasteiger charge is -2.06. The predicted octanol–water partition coefficient (Wildman–Crippen LogP) is 5.68. The molecule has 2 aromatic carbocycles. The summed E-state index contributed by atoms with van der Waals surface area (Å²) >= 11 is 0. The molecule has 0 aliphatic carbocycles. The number of ketones is 1. The number of hydrogen-bond acceptors (Lipinski definition) is 2. The molecule has 0 aliphatic rings. The lowest BCUT2D eigenvalue weighted by molar-refractivity contribution is 0.103. The molecular weight excluding hydrogens is 284 g/mol. The van der Waals surface area contributed by atoms with Crippen molar-refractivity contribution in [3.05, 3.63) is 78.4 Å². The van der Waals surface area contributed by atoms with Gasteiger partial charge >= 0.3 is 0 Å². The fraction of sp³-hybridized carbons (Fsp3) is 0.286. The maximum absolute atomic E-state index is 12.2. The molecule has 2 aromatic rings. The summed E-state index contributed by atoms with van der Waals surface area (Å²) in [6.45, 7) is 8.16. The van der Waals surface area contributed by atoms with Crippen LogP contribution in [0.25, 0.3) is 0 Å². The van der Waals surface area contributed by atoms with E-state index in [-0.39, 0.29) is 5.78 Å². The van der Waals surface area contributed by atoms with Crippen molar-refractivity contribution in [3.63, 3.8) is 0 Å². The van der Waals surface area contributed by atoms with Crippen LogP contribution >= 0.6 is 0 Å². The minimum Gasteiger partial charge on any atom is -0.494 e. The molecule has 0 unspecified atom stereocenters. The summed E-state index contributed by atoms with van der Waals surface area (Å²) in [6.07, 6.45) is 5.19. The normalized spacial score (nSPS) is 9.48. The van der Waals surface area contributed by atoms with E-state index in [1.807, 2.05) is 61.5 Å². The van der Waals surface area contributed by atoms with E-state index in [1.165, 1.54) is 12.8 Å². The highest BCUT2D eigenvalue weighted by Crippen LogP contribution is 2.15. The van der Waals surface area contributed by atoms with Crippen molar-refractivity contribution in [2.45, 2.75) is 33.1 Å². The monoisotopic (exact) mass is 310 g/mol. The summed E-state index contributed by atoms with van der Waals surface area (Å²) in [5.74, 6) is 0.869. The molecule has 0 spiro atoms. The SMILES string of the molecule is C=CC.CCCCCOc1ccc(C(=O)c2ccccc2)cc1. The number of carbonyl (C=O) groups excluding carboxylic acids is 1. The summed E-state index contributed by atoms with van der Waals surface area (Å²) < 4.78 is 5.64. The van der Waals surface area contributed by atoms with Crippen LogP contribution in [0.2, 0.25) is 0 Å². The summed E-state index contributed by atoms with van der Waals surface area (Å²) in [6, 6.07) is 16.7. The number of allylic oxidation sites excluding steroid dienone is 1. The molecule has 0 bridgehead atoms. The molecule has 0 aliphatic heterocycles. The number of hydrogen-bond donors (Lipinski definition) is 0. The molecule has 0 radical (unpaired) electrons. The lowest BCUT2D eigenvalue weighted by atomic mass is 10.0. The summed E-state index contributed by atoms with van der Waals surface area (Å²) in [7, 11) is 0. The van der Waals surface area contributed by atoms with E-state index in [1.54, 1.807) is 6.08 Å². The van der Waals surface area contributed by atoms with Crippen molar-refractivity contribution < 1.29 is 9.53 Å². The van der Waals surface area contributed by atoms with Gasteiger partial charge in [-0.15, -0.1) is 6.58 Å². The van der Waals surface area contributed by atoms with E-state index in [9.17, 15) is 4.79 Å². The molecule has 0 N–H and O–H groups in total. The van der Waals surface area contributed by atoms with E-state index >= 15 is 0 Å². The zero-order valence-electron chi connectivity index (χ0n) is 14.1. The Bertz CT molecular complexity index is 571. The first kappa shape index (κ1) is 18.7. The molecule has 23 heavy (non-hydrogen) atoms. The predicted molar refractivity (Wildman–Crippen MR) is 97.2 cm³/mol. The van der Waals surface area contributed by atoms with Gasteiger partial charge in [-0.3, -0.25) is 4.79 Å². The van der Waals surface area contributed by atoms with E-state index in [2.05, 4.69) is 13.5 Å². The van der Waals surface area contributed by atoms with Gasteiger partial charge in [-0.25, -0.2) is 0 Å². The first-order valence-electron chi connectivity index (χ1n) is 8.12. The molecule has 0 amide bonds. The topological polar surface area (TPSA) is 26.3 Å². The van der Waals surface area contributed by atoms with Crippen LogP contribution in [0.1, 0.15) is 49.0 Å². The fourth-order valence-corrected chi connectivity index (χ4v) is 2.00. The first-order valence-corrected chi connectivity index (χ1v) is 8.12. The van der Waals surface area contributed by atoms with Crippen LogP contribution in [0.3, 0.4) is 0 Å². The molecule has 0 saturated carbocycles. The number of unbranched alkanes of at least 4 members (excludes halogenated alkanes) is 2. The van der Waals surface area contributed by atoms with Crippen LogP contribution < -0.4 is 4.74 Å². The standard InChI is InChI=1S/C18H20O2.C3H6/c1-2-3-7-14-20-17-12-10-16(11-13-17)18(19)15-8-5-4-6-9-15;1-3-2/h4-6,8-13H,2-3,7,14H2,1H3;3H,1H2,2H3. The van der Waals surface area contributed by atoms with Crippen LogP contribution in [-0.2, 0) is 0 Å². The van der Waals surface area contributed by atoms with Gasteiger partial charge in [-0.1, -0.05) is 56.2 Å². The molecule has 0 saturated heterocycles. The van der Waals surface area contributed by atoms with Crippen molar-refractivity contribution in [3.8, 4) is 5.75 Å². The molecule has 0 fully saturated rings. The lowest BCUT2D eigenvalue weighted by Crippen LogP contribution is -2.01. The van der Waals surface area contributed by atoms with Crippen LogP contribution in [-0.4, -0.2) is 12.4 Å². The van der Waals surface area contributed by atoms with E-state index < -0.39 is 0 Å². The molecule has 122 valence electrons. The van der Waals surface area contributed by atoms with Gasteiger partial charge in [0.2, 0.25) is 0 Å². The Balaban J connectivity index is 0.000000816. The highest BCUT2D eigenvalue weighted by molar-refractivity contribution is 6.08. The van der Waals surface area contributed by atoms with Crippen molar-refractivity contribution in [2.24, 2.45) is 0 Å². The number of rotatable bonds is 7. The molecule has 2 heteroatoms. The van der Waals surface area contributed by atoms with Gasteiger partial charge in [0.15, 0.2) is 5.78 Å². The van der Waals surface area contributed by atoms with Gasteiger partial charge in [-0.2, -0.15) is 0 Å². The Hall–Kier alpha value is -2.35. The summed E-state index contributed by atoms with van der Waals surface area (Å²) in [5.41, 5.74) is 1.40. The van der Waals surface area contributed by atoms with Crippen molar-refractivity contribution in [1.29, 1.82) is 0 Å². The maximum Gasteiger partial charge on any atom is 0.193 e. The van der Waals surface area contributed by atoms with Crippen LogP contribution in [0, 0.1) is 0 Å². The second-order valence-electron chi connectivity index (χ2n) is 5.18. The molecule has 0 aromatic heterocycles. The van der Waals surface area contributed by atoms with Crippen molar-refractivity contribution in [1.82, 2.24) is 0 Å². The largest absolute Gasteiger partial charge is 0.494 e. The molecule has 2 rings (SSSR count). The second-order valence-corrected chi connectivity index (χ2v) is 5.18. The molecule has 2 nitrogen and oxygen atoms in total. The Labute approximate surface area is 139 Å². The first-order chi connectivity index (χ1) is 11.2. The van der Waals surface area contributed by atoms with E-state index in [0.29, 0.717) is 11.1 Å². The Morgan fingerprint density at radius 3 is 2.13 bits per heavy atom. The average Bonchev–Trinajstić information content (AvgIpc) is 2.60. The average molecular weight is 310 g/mol. The van der Waals surface area contributed by atoms with Gasteiger partial charge in [0.1, 0.15) is 5.75 Å². The smallest absolute Gasteiger partial charge is 0.193 e. The Morgan fingerprint density at radius 1 is 1.00 bits per heavy atom. The number of ether oxygens (including phenoxy) is 1. The van der Waals surface area contributed by atoms with E-state index in [0.717, 1.165) is 18.8 Å². The van der Waals surface area contributed by atoms with E-state index in [4.69, 9.17) is 4.74 Å². The minimum absolute atomic E-state index is 0.0446. The van der Waals surface area contributed by atoms with Gasteiger partial charge in [0.25, 0.3) is 0 Å². The van der Waals surface area contributed by atoms with Crippen LogP contribution in [0.5, 0.6) is 5.75 Å². The summed E-state index contributed by atoms with van der Waals surface area (Å²) in [5, 5.41) is 0. The zero-order chi connectivity index (χ0) is 16.9. The number of benzene rings is 2. The fourth-order valence-electron chi connectivity index (χ4n) is 2.00. The van der Waals surface area contributed by atoms with Gasteiger partial charge < -0.3 is 4.74 Å². The van der Waals surface area contributed by atoms with Gasteiger partial charge in [0.05, 0.1) is 6.61 Å². The Morgan fingerprint density at radius 2 is 1.57 bits per heavy atom. The third kappa shape index (κ3) is 6.96. The minimum atomic E-state index is 0.0446. The summed E-state index contributed by atoms with van der Waals surface area (Å²) in [4.78, 5) is 12.2. The molecule has 0 heterocycles. The molecule has 0 atom stereocenters. The highest BCUT2D eigenvalue weighted by Gasteiger charge is 2.08. The van der Waals surface area contributed by atoms with Crippen LogP contribution in [0.15, 0.2) is 67.3 Å². The van der Waals surface area contributed by atoms with Crippen molar-refractivity contribution >= 4 is 5.78 Å².